The molecule has 5 heteroatoms. The maximum absolute atomic E-state index is 9.77. The van der Waals surface area contributed by atoms with Gasteiger partial charge in [0, 0.05) is 12.5 Å². The summed E-state index contributed by atoms with van der Waals surface area (Å²) in [5.41, 5.74) is 2.53. The van der Waals surface area contributed by atoms with Gasteiger partial charge in [0.05, 0.1) is 0 Å². The molecule has 0 aliphatic heterocycles. The molecule has 1 aliphatic rings. The van der Waals surface area contributed by atoms with E-state index < -0.39 is 0 Å². The lowest BCUT2D eigenvalue weighted by Crippen LogP contribution is -2.22. The zero-order valence-electron chi connectivity index (χ0n) is 11.9. The van der Waals surface area contributed by atoms with Gasteiger partial charge in [0.15, 0.2) is 23.0 Å². The van der Waals surface area contributed by atoms with Crippen molar-refractivity contribution in [1.82, 2.24) is 0 Å². The predicted octanol–water partition coefficient (Wildman–Crippen LogP) is 2.20. The number of benzene rings is 2. The van der Waals surface area contributed by atoms with Gasteiger partial charge < -0.3 is 25.5 Å². The molecule has 0 amide bonds. The van der Waals surface area contributed by atoms with E-state index in [-0.39, 0.29) is 41.4 Å². The summed E-state index contributed by atoms with van der Waals surface area (Å²) in [6.45, 7) is 0.0294. The smallest absolute Gasteiger partial charge is 0.157 e. The van der Waals surface area contributed by atoms with Crippen LogP contribution in [0.5, 0.6) is 23.0 Å². The molecule has 0 saturated carbocycles. The fraction of sp³-hybridized carbons (Fsp3) is 0.294. The zero-order chi connectivity index (χ0) is 15.9. The van der Waals surface area contributed by atoms with Crippen molar-refractivity contribution in [3.05, 3.63) is 47.0 Å². The van der Waals surface area contributed by atoms with Gasteiger partial charge in [0.1, 0.15) is 0 Å². The van der Waals surface area contributed by atoms with Gasteiger partial charge in [-0.05, 0) is 59.7 Å². The third-order valence-electron chi connectivity index (χ3n) is 4.35. The Kier molecular flexibility index (Phi) is 3.58. The van der Waals surface area contributed by atoms with Crippen LogP contribution in [0.25, 0.3) is 0 Å². The molecule has 0 bridgehead atoms. The lowest BCUT2D eigenvalue weighted by molar-refractivity contribution is 0.207. The van der Waals surface area contributed by atoms with Crippen LogP contribution in [0.4, 0.5) is 0 Å². The molecule has 5 N–H and O–H groups in total. The molecule has 116 valence electrons. The quantitative estimate of drug-likeness (QED) is 0.547. The molecule has 2 atom stereocenters. The summed E-state index contributed by atoms with van der Waals surface area (Å²) in [6.07, 6.45) is 1.29. The third-order valence-corrected chi connectivity index (χ3v) is 4.35. The molecule has 2 unspecified atom stereocenters. The highest BCUT2D eigenvalue weighted by molar-refractivity contribution is 5.52. The van der Waals surface area contributed by atoms with Crippen molar-refractivity contribution in [1.29, 1.82) is 0 Å². The van der Waals surface area contributed by atoms with Crippen molar-refractivity contribution in [3.63, 3.8) is 0 Å². The van der Waals surface area contributed by atoms with E-state index in [1.165, 1.54) is 24.3 Å². The first-order valence-electron chi connectivity index (χ1n) is 7.17. The minimum absolute atomic E-state index is 0.0294. The average molecular weight is 302 g/mol. The van der Waals surface area contributed by atoms with Crippen LogP contribution in [-0.4, -0.2) is 32.1 Å². The Morgan fingerprint density at radius 2 is 1.55 bits per heavy atom. The number of rotatable bonds is 2. The Bertz CT molecular complexity index is 710. The van der Waals surface area contributed by atoms with E-state index >= 15 is 0 Å². The van der Waals surface area contributed by atoms with E-state index in [0.717, 1.165) is 16.7 Å². The van der Waals surface area contributed by atoms with E-state index in [1.807, 2.05) is 0 Å². The molecular formula is C17H18O5. The highest BCUT2D eigenvalue weighted by Gasteiger charge is 2.29. The molecular weight excluding hydrogens is 284 g/mol. The summed E-state index contributed by atoms with van der Waals surface area (Å²) >= 11 is 0. The Hall–Kier alpha value is -2.40. The van der Waals surface area contributed by atoms with Crippen molar-refractivity contribution in [3.8, 4) is 23.0 Å². The van der Waals surface area contributed by atoms with Gasteiger partial charge in [0.2, 0.25) is 0 Å². The van der Waals surface area contributed by atoms with Crippen LogP contribution < -0.4 is 0 Å². The summed E-state index contributed by atoms with van der Waals surface area (Å²) in [6, 6.07) is 7.69. The molecule has 22 heavy (non-hydrogen) atoms. The van der Waals surface area contributed by atoms with Crippen LogP contribution >= 0.6 is 0 Å². The first kappa shape index (κ1) is 14.5. The molecule has 5 nitrogen and oxygen atoms in total. The zero-order valence-corrected chi connectivity index (χ0v) is 11.9. The number of aromatic hydroxyl groups is 4. The van der Waals surface area contributed by atoms with Crippen LogP contribution in [0.1, 0.15) is 29.0 Å². The lowest BCUT2D eigenvalue weighted by atomic mass is 9.74. The monoisotopic (exact) mass is 302 g/mol. The van der Waals surface area contributed by atoms with Gasteiger partial charge in [-0.25, -0.2) is 0 Å². The largest absolute Gasteiger partial charge is 0.504 e. The van der Waals surface area contributed by atoms with Crippen LogP contribution in [0.15, 0.2) is 30.3 Å². The van der Waals surface area contributed by atoms with E-state index in [9.17, 15) is 25.5 Å². The number of phenols is 4. The van der Waals surface area contributed by atoms with Crippen molar-refractivity contribution in [2.24, 2.45) is 5.92 Å². The molecule has 2 aromatic rings. The van der Waals surface area contributed by atoms with Crippen LogP contribution in [0.2, 0.25) is 0 Å². The number of aliphatic hydroxyl groups is 1. The number of fused-ring (bicyclic) bond motifs is 1. The topological polar surface area (TPSA) is 101 Å². The Labute approximate surface area is 127 Å². The van der Waals surface area contributed by atoms with E-state index in [2.05, 4.69) is 0 Å². The van der Waals surface area contributed by atoms with Crippen molar-refractivity contribution in [2.45, 2.75) is 18.8 Å². The molecule has 3 rings (SSSR count). The minimum atomic E-state index is -0.201. The Morgan fingerprint density at radius 3 is 2.23 bits per heavy atom. The summed E-state index contributed by atoms with van der Waals surface area (Å²) in [5.74, 6) is -0.838. The molecule has 0 radical (unpaired) electrons. The minimum Gasteiger partial charge on any atom is -0.504 e. The maximum Gasteiger partial charge on any atom is 0.157 e. The molecule has 1 aliphatic carbocycles. The van der Waals surface area contributed by atoms with Gasteiger partial charge in [-0.1, -0.05) is 6.07 Å². The van der Waals surface area contributed by atoms with Crippen LogP contribution in [-0.2, 0) is 6.42 Å². The Morgan fingerprint density at radius 1 is 0.864 bits per heavy atom. The van der Waals surface area contributed by atoms with Crippen LogP contribution in [0.3, 0.4) is 0 Å². The highest BCUT2D eigenvalue weighted by Crippen LogP contribution is 2.44. The van der Waals surface area contributed by atoms with Gasteiger partial charge in [-0.15, -0.1) is 0 Å². The fourth-order valence-electron chi connectivity index (χ4n) is 3.20. The van der Waals surface area contributed by atoms with E-state index in [4.69, 9.17) is 0 Å². The standard InChI is InChI=1S/C17H18O5/c18-8-9-3-11-6-16(21)17(22)7-13(11)12(4-9)10-1-2-14(19)15(20)5-10/h1-2,5-7,9,12,18-22H,3-4,8H2. The summed E-state index contributed by atoms with van der Waals surface area (Å²) in [5, 5.41) is 48.1. The lowest BCUT2D eigenvalue weighted by Gasteiger charge is -2.31. The van der Waals surface area contributed by atoms with Crippen LogP contribution in [0, 0.1) is 5.92 Å². The van der Waals surface area contributed by atoms with Crippen molar-refractivity contribution < 1.29 is 25.5 Å². The van der Waals surface area contributed by atoms with Gasteiger partial charge in [0.25, 0.3) is 0 Å². The van der Waals surface area contributed by atoms with Gasteiger partial charge >= 0.3 is 0 Å². The average Bonchev–Trinajstić information content (AvgIpc) is 2.50. The number of aliphatic hydroxyl groups excluding tert-OH is 1. The third kappa shape index (κ3) is 2.44. The molecule has 0 heterocycles. The molecule has 0 fully saturated rings. The van der Waals surface area contributed by atoms with Gasteiger partial charge in [-0.3, -0.25) is 0 Å². The summed E-state index contributed by atoms with van der Waals surface area (Å²) in [7, 11) is 0. The first-order valence-corrected chi connectivity index (χ1v) is 7.17. The van der Waals surface area contributed by atoms with Crippen molar-refractivity contribution >= 4 is 0 Å². The highest BCUT2D eigenvalue weighted by atomic mass is 16.3. The summed E-state index contributed by atoms with van der Waals surface area (Å²) < 4.78 is 0. The van der Waals surface area contributed by atoms with Gasteiger partial charge in [-0.2, -0.15) is 0 Å². The molecule has 0 aromatic heterocycles. The molecule has 0 saturated heterocycles. The first-order chi connectivity index (χ1) is 10.5. The molecule has 2 aromatic carbocycles. The predicted molar refractivity (Wildman–Crippen MR) is 80.3 cm³/mol. The second kappa shape index (κ2) is 5.42. The fourth-order valence-corrected chi connectivity index (χ4v) is 3.20. The second-order valence-electron chi connectivity index (χ2n) is 5.83. The normalized spacial score (nSPS) is 20.6. The SMILES string of the molecule is OCC1Cc2cc(O)c(O)cc2C(c2ccc(O)c(O)c2)C1. The maximum atomic E-state index is 9.77. The Balaban J connectivity index is 2.11. The van der Waals surface area contributed by atoms with Crippen molar-refractivity contribution in [2.75, 3.05) is 6.61 Å². The number of hydrogen-bond donors (Lipinski definition) is 5. The number of phenolic OH excluding ortho intramolecular Hbond substituents is 4. The number of hydrogen-bond acceptors (Lipinski definition) is 5. The van der Waals surface area contributed by atoms with E-state index in [1.54, 1.807) is 6.07 Å². The molecule has 0 spiro atoms. The van der Waals surface area contributed by atoms with E-state index in [0.29, 0.717) is 12.8 Å². The summed E-state index contributed by atoms with van der Waals surface area (Å²) in [4.78, 5) is 0. The second-order valence-corrected chi connectivity index (χ2v) is 5.83.